The normalized spacial score (nSPS) is 15.6. The van der Waals surface area contributed by atoms with Gasteiger partial charge in [-0.05, 0) is 49.2 Å². The minimum atomic E-state index is -0.496. The van der Waals surface area contributed by atoms with E-state index in [1.807, 2.05) is 24.3 Å². The van der Waals surface area contributed by atoms with Gasteiger partial charge >= 0.3 is 0 Å². The van der Waals surface area contributed by atoms with Gasteiger partial charge in [0, 0.05) is 36.6 Å². The van der Waals surface area contributed by atoms with Gasteiger partial charge in [-0.25, -0.2) is 14.4 Å². The van der Waals surface area contributed by atoms with Crippen LogP contribution in [0.2, 0.25) is 0 Å². The zero-order valence-electron chi connectivity index (χ0n) is 16.8. The van der Waals surface area contributed by atoms with Gasteiger partial charge in [0.1, 0.15) is 17.4 Å². The van der Waals surface area contributed by atoms with E-state index in [0.29, 0.717) is 25.4 Å². The Balaban J connectivity index is 1.53. The number of hydrogen-bond acceptors (Lipinski definition) is 4. The van der Waals surface area contributed by atoms with Crippen LogP contribution >= 0.6 is 0 Å². The van der Waals surface area contributed by atoms with E-state index in [2.05, 4.69) is 0 Å². The summed E-state index contributed by atoms with van der Waals surface area (Å²) in [5.41, 5.74) is 3.87. The second-order valence-corrected chi connectivity index (χ2v) is 7.81. The number of carbonyl (C=O) groups excluding carboxylic acids is 1. The van der Waals surface area contributed by atoms with E-state index in [4.69, 9.17) is 14.7 Å². The fourth-order valence-corrected chi connectivity index (χ4v) is 3.92. The molecule has 5 nitrogen and oxygen atoms in total. The van der Waals surface area contributed by atoms with Crippen molar-refractivity contribution in [2.45, 2.75) is 31.7 Å². The molecule has 1 saturated carbocycles. The van der Waals surface area contributed by atoms with Crippen LogP contribution in [0.25, 0.3) is 11.3 Å². The Morgan fingerprint density at radius 2 is 1.87 bits per heavy atom. The van der Waals surface area contributed by atoms with Crippen molar-refractivity contribution in [2.75, 3.05) is 13.7 Å². The van der Waals surface area contributed by atoms with E-state index in [9.17, 15) is 9.18 Å². The molecule has 0 unspecified atom stereocenters. The summed E-state index contributed by atoms with van der Waals surface area (Å²) in [6.45, 7) is 0.887. The van der Waals surface area contributed by atoms with Crippen molar-refractivity contribution in [2.24, 2.45) is 0 Å². The lowest BCUT2D eigenvalue weighted by molar-refractivity contribution is 0.0729. The molecule has 1 aliphatic heterocycles. The van der Waals surface area contributed by atoms with Crippen LogP contribution in [0, 0.1) is 5.82 Å². The number of halogens is 1. The minimum absolute atomic E-state index is 0.0995. The smallest absolute Gasteiger partial charge is 0.257 e. The Hall–Kier alpha value is -3.28. The first-order valence-electron chi connectivity index (χ1n) is 10.2. The summed E-state index contributed by atoms with van der Waals surface area (Å²) < 4.78 is 19.4. The molecule has 1 amide bonds. The van der Waals surface area contributed by atoms with Crippen molar-refractivity contribution >= 4 is 5.91 Å². The van der Waals surface area contributed by atoms with Crippen molar-refractivity contribution in [3.05, 3.63) is 77.0 Å². The molecule has 6 heteroatoms. The summed E-state index contributed by atoms with van der Waals surface area (Å²) >= 11 is 0. The molecule has 0 spiro atoms. The number of nitrogens with zero attached hydrogens (tertiary/aromatic N) is 3. The van der Waals surface area contributed by atoms with Crippen LogP contribution < -0.4 is 4.74 Å². The second kappa shape index (κ2) is 7.52. The summed E-state index contributed by atoms with van der Waals surface area (Å²) in [6, 6.07) is 13.9. The average Bonchev–Trinajstić information content (AvgIpc) is 3.63. The molecule has 1 aromatic heterocycles. The second-order valence-electron chi connectivity index (χ2n) is 7.81. The van der Waals surface area contributed by atoms with E-state index in [1.165, 1.54) is 12.1 Å². The van der Waals surface area contributed by atoms with E-state index >= 15 is 0 Å². The van der Waals surface area contributed by atoms with Crippen LogP contribution in [0.15, 0.2) is 48.5 Å². The number of aromatic nitrogens is 2. The lowest BCUT2D eigenvalue weighted by Gasteiger charge is -2.30. The molecule has 152 valence electrons. The summed E-state index contributed by atoms with van der Waals surface area (Å²) in [5.74, 6) is 1.31. The zero-order chi connectivity index (χ0) is 20.7. The third-order valence-electron chi connectivity index (χ3n) is 5.77. The molecule has 3 aromatic rings. The summed E-state index contributed by atoms with van der Waals surface area (Å²) in [6.07, 6.45) is 2.89. The maximum atomic E-state index is 14.2. The third-order valence-corrected chi connectivity index (χ3v) is 5.77. The first kappa shape index (κ1) is 18.7. The van der Waals surface area contributed by atoms with Gasteiger partial charge in [-0.1, -0.05) is 12.1 Å². The number of fused-ring (bicyclic) bond motifs is 1. The molecule has 0 N–H and O–H groups in total. The van der Waals surface area contributed by atoms with Gasteiger partial charge in [0.05, 0.1) is 24.1 Å². The van der Waals surface area contributed by atoms with Crippen molar-refractivity contribution < 1.29 is 13.9 Å². The van der Waals surface area contributed by atoms with Gasteiger partial charge in [0.25, 0.3) is 5.91 Å². The predicted molar refractivity (Wildman–Crippen MR) is 111 cm³/mol. The molecule has 0 atom stereocenters. The molecule has 2 aromatic carbocycles. The van der Waals surface area contributed by atoms with Gasteiger partial charge in [0.15, 0.2) is 0 Å². The van der Waals surface area contributed by atoms with E-state index in [1.54, 1.807) is 24.1 Å². The SMILES string of the molecule is COc1ccc(-c2nc(C3CC3)nc3c2CN(C(=O)c2ccccc2F)CC3)cc1. The summed E-state index contributed by atoms with van der Waals surface area (Å²) in [5, 5.41) is 0. The van der Waals surface area contributed by atoms with Crippen molar-refractivity contribution in [3.63, 3.8) is 0 Å². The molecule has 1 fully saturated rings. The zero-order valence-corrected chi connectivity index (χ0v) is 16.8. The standard InChI is InChI=1S/C24H22FN3O2/c1-30-17-10-8-15(9-11-17)22-19-14-28(24(29)18-4-2-3-5-20(18)25)13-12-21(19)26-23(27-22)16-6-7-16/h2-5,8-11,16H,6-7,12-14H2,1H3. The Labute approximate surface area is 174 Å². The molecule has 30 heavy (non-hydrogen) atoms. The highest BCUT2D eigenvalue weighted by molar-refractivity contribution is 5.94. The largest absolute Gasteiger partial charge is 0.497 e. The molecule has 5 rings (SSSR count). The fourth-order valence-electron chi connectivity index (χ4n) is 3.92. The van der Waals surface area contributed by atoms with Crippen molar-refractivity contribution in [1.29, 1.82) is 0 Å². The highest BCUT2D eigenvalue weighted by atomic mass is 19.1. The van der Waals surface area contributed by atoms with E-state index in [0.717, 1.165) is 46.9 Å². The van der Waals surface area contributed by atoms with Crippen LogP contribution in [0.3, 0.4) is 0 Å². The third kappa shape index (κ3) is 3.43. The lowest BCUT2D eigenvalue weighted by Crippen LogP contribution is -2.37. The first-order chi connectivity index (χ1) is 14.6. The van der Waals surface area contributed by atoms with Crippen LogP contribution in [-0.4, -0.2) is 34.4 Å². The van der Waals surface area contributed by atoms with E-state index in [-0.39, 0.29) is 11.5 Å². The number of benzene rings is 2. The monoisotopic (exact) mass is 403 g/mol. The maximum Gasteiger partial charge on any atom is 0.257 e. The molecule has 0 bridgehead atoms. The number of rotatable bonds is 4. The van der Waals surface area contributed by atoms with Crippen molar-refractivity contribution in [1.82, 2.24) is 14.9 Å². The molecule has 2 aliphatic rings. The van der Waals surface area contributed by atoms with Gasteiger partial charge in [-0.2, -0.15) is 0 Å². The van der Waals surface area contributed by atoms with E-state index < -0.39 is 5.82 Å². The average molecular weight is 403 g/mol. The summed E-state index contributed by atoms with van der Waals surface area (Å²) in [4.78, 5) is 24.4. The number of hydrogen-bond donors (Lipinski definition) is 0. The Bertz CT molecular complexity index is 1110. The molecule has 1 aliphatic carbocycles. The Kier molecular flexibility index (Phi) is 4.69. The predicted octanol–water partition coefficient (Wildman–Crippen LogP) is 4.37. The van der Waals surface area contributed by atoms with Gasteiger partial charge < -0.3 is 9.64 Å². The van der Waals surface area contributed by atoms with Crippen LogP contribution in [-0.2, 0) is 13.0 Å². The van der Waals surface area contributed by atoms with Crippen molar-refractivity contribution in [3.8, 4) is 17.0 Å². The van der Waals surface area contributed by atoms with Crippen LogP contribution in [0.4, 0.5) is 4.39 Å². The van der Waals surface area contributed by atoms with Crippen LogP contribution in [0.1, 0.15) is 46.2 Å². The lowest BCUT2D eigenvalue weighted by atomic mass is 9.98. The topological polar surface area (TPSA) is 55.3 Å². The number of methoxy groups -OCH3 is 1. The quantitative estimate of drug-likeness (QED) is 0.649. The Morgan fingerprint density at radius 1 is 1.10 bits per heavy atom. The molecular weight excluding hydrogens is 381 g/mol. The highest BCUT2D eigenvalue weighted by Crippen LogP contribution is 2.40. The van der Waals surface area contributed by atoms with Gasteiger partial charge in [0.2, 0.25) is 0 Å². The first-order valence-corrected chi connectivity index (χ1v) is 10.2. The fraction of sp³-hybridized carbons (Fsp3) is 0.292. The molecule has 0 radical (unpaired) electrons. The summed E-state index contributed by atoms with van der Waals surface area (Å²) in [7, 11) is 1.64. The molecule has 2 heterocycles. The number of ether oxygens (including phenoxy) is 1. The number of amides is 1. The van der Waals surface area contributed by atoms with Crippen LogP contribution in [0.5, 0.6) is 5.75 Å². The van der Waals surface area contributed by atoms with Gasteiger partial charge in [-0.3, -0.25) is 4.79 Å². The molecule has 0 saturated heterocycles. The maximum absolute atomic E-state index is 14.2. The Morgan fingerprint density at radius 3 is 2.57 bits per heavy atom. The number of carbonyl (C=O) groups is 1. The highest BCUT2D eigenvalue weighted by Gasteiger charge is 2.32. The molecular formula is C24H22FN3O2. The minimum Gasteiger partial charge on any atom is -0.497 e. The van der Waals surface area contributed by atoms with Gasteiger partial charge in [-0.15, -0.1) is 0 Å².